The molecule has 0 heterocycles. The van der Waals surface area contributed by atoms with Gasteiger partial charge in [-0.2, -0.15) is 5.10 Å². The monoisotopic (exact) mass is 403 g/mol. The number of carbonyl (C=O) groups excluding carboxylic acids is 3. The Labute approximate surface area is 152 Å². The average Bonchev–Trinajstić information content (AvgIpc) is 2.61. The summed E-state index contributed by atoms with van der Waals surface area (Å²) in [7, 11) is 1.27. The van der Waals surface area contributed by atoms with Crippen LogP contribution in [0.2, 0.25) is 0 Å². The first kappa shape index (κ1) is 18.3. The number of nitrogens with one attached hydrogen (secondary N) is 2. The second kappa shape index (κ2) is 8.74. The first-order valence-corrected chi connectivity index (χ1v) is 7.87. The molecule has 0 bridgehead atoms. The van der Waals surface area contributed by atoms with Crippen LogP contribution in [0.3, 0.4) is 0 Å². The van der Waals surface area contributed by atoms with Crippen molar-refractivity contribution in [2.24, 2.45) is 5.10 Å². The van der Waals surface area contributed by atoms with E-state index in [1.54, 1.807) is 12.1 Å². The molecular formula is C17H14BrN3O4. The van der Waals surface area contributed by atoms with E-state index < -0.39 is 17.8 Å². The van der Waals surface area contributed by atoms with Crippen molar-refractivity contribution in [1.29, 1.82) is 0 Å². The quantitative estimate of drug-likeness (QED) is 0.354. The minimum absolute atomic E-state index is 0.337. The molecule has 25 heavy (non-hydrogen) atoms. The molecular weight excluding hydrogens is 390 g/mol. The smallest absolute Gasteiger partial charge is 0.337 e. The number of anilines is 1. The van der Waals surface area contributed by atoms with Crippen LogP contribution in [0, 0.1) is 0 Å². The number of amides is 2. The van der Waals surface area contributed by atoms with Crippen LogP contribution < -0.4 is 10.7 Å². The number of halogens is 1. The minimum Gasteiger partial charge on any atom is -0.465 e. The highest BCUT2D eigenvalue weighted by atomic mass is 79.9. The van der Waals surface area contributed by atoms with Crippen LogP contribution in [0.15, 0.2) is 58.1 Å². The number of nitrogens with zero attached hydrogens (tertiary/aromatic N) is 1. The van der Waals surface area contributed by atoms with Crippen LogP contribution in [0.25, 0.3) is 0 Å². The number of rotatable bonds is 4. The van der Waals surface area contributed by atoms with E-state index in [2.05, 4.69) is 36.5 Å². The summed E-state index contributed by atoms with van der Waals surface area (Å²) in [5.41, 5.74) is 3.60. The number of esters is 1. The lowest BCUT2D eigenvalue weighted by Crippen LogP contribution is -2.32. The summed E-state index contributed by atoms with van der Waals surface area (Å²) in [4.78, 5) is 34.8. The lowest BCUT2D eigenvalue weighted by atomic mass is 10.2. The van der Waals surface area contributed by atoms with Gasteiger partial charge in [-0.15, -0.1) is 0 Å². The molecule has 2 amide bonds. The van der Waals surface area contributed by atoms with Crippen LogP contribution in [0.4, 0.5) is 5.69 Å². The van der Waals surface area contributed by atoms with Crippen molar-refractivity contribution in [2.45, 2.75) is 0 Å². The predicted molar refractivity (Wildman–Crippen MR) is 96.3 cm³/mol. The molecule has 0 aromatic heterocycles. The van der Waals surface area contributed by atoms with Gasteiger partial charge in [-0.25, -0.2) is 10.2 Å². The van der Waals surface area contributed by atoms with E-state index in [4.69, 9.17) is 0 Å². The molecule has 0 spiro atoms. The van der Waals surface area contributed by atoms with Gasteiger partial charge in [0.05, 0.1) is 18.9 Å². The zero-order valence-corrected chi connectivity index (χ0v) is 14.7. The summed E-state index contributed by atoms with van der Waals surface area (Å²) in [6.07, 6.45) is 1.42. The number of carbonyl (C=O) groups is 3. The topological polar surface area (TPSA) is 96.9 Å². The fourth-order valence-corrected chi connectivity index (χ4v) is 2.22. The molecule has 0 saturated heterocycles. The van der Waals surface area contributed by atoms with E-state index in [9.17, 15) is 14.4 Å². The molecule has 128 valence electrons. The lowest BCUT2D eigenvalue weighted by Gasteiger charge is -2.05. The maximum atomic E-state index is 11.8. The van der Waals surface area contributed by atoms with Crippen LogP contribution in [0.1, 0.15) is 15.9 Å². The van der Waals surface area contributed by atoms with Gasteiger partial charge >= 0.3 is 17.8 Å². The van der Waals surface area contributed by atoms with Gasteiger partial charge in [0.25, 0.3) is 0 Å². The first-order valence-electron chi connectivity index (χ1n) is 7.08. The van der Waals surface area contributed by atoms with Gasteiger partial charge in [0.2, 0.25) is 0 Å². The molecule has 0 saturated carbocycles. The normalized spacial score (nSPS) is 10.3. The molecule has 0 atom stereocenters. The zero-order chi connectivity index (χ0) is 18.2. The summed E-state index contributed by atoms with van der Waals surface area (Å²) >= 11 is 3.32. The van der Waals surface area contributed by atoms with Crippen molar-refractivity contribution in [3.63, 3.8) is 0 Å². The van der Waals surface area contributed by atoms with Gasteiger partial charge in [-0.05, 0) is 42.0 Å². The van der Waals surface area contributed by atoms with Gasteiger partial charge in [0, 0.05) is 10.2 Å². The Bertz CT molecular complexity index is 819. The average molecular weight is 404 g/mol. The number of hydrazone groups is 1. The van der Waals surface area contributed by atoms with Crippen molar-refractivity contribution in [2.75, 3.05) is 12.4 Å². The molecule has 2 aromatic rings. The van der Waals surface area contributed by atoms with E-state index in [0.717, 1.165) is 10.0 Å². The number of benzene rings is 2. The van der Waals surface area contributed by atoms with Crippen molar-refractivity contribution >= 4 is 45.6 Å². The minimum atomic E-state index is -0.914. The molecule has 2 N–H and O–H groups in total. The predicted octanol–water partition coefficient (Wildman–Crippen LogP) is 2.32. The van der Waals surface area contributed by atoms with Crippen LogP contribution in [-0.2, 0) is 14.3 Å². The SMILES string of the molecule is COC(=O)c1ccc(NC(=O)C(=O)N/N=C\c2cccc(Br)c2)cc1. The van der Waals surface area contributed by atoms with Crippen LogP contribution >= 0.6 is 15.9 Å². The van der Waals surface area contributed by atoms with Gasteiger partial charge in [-0.3, -0.25) is 9.59 Å². The van der Waals surface area contributed by atoms with Crippen LogP contribution in [0.5, 0.6) is 0 Å². The van der Waals surface area contributed by atoms with Crippen molar-refractivity contribution in [3.8, 4) is 0 Å². The summed E-state index contributed by atoms with van der Waals surface area (Å²) in [6.45, 7) is 0. The van der Waals surface area contributed by atoms with Gasteiger partial charge in [0.1, 0.15) is 0 Å². The van der Waals surface area contributed by atoms with Crippen LogP contribution in [-0.4, -0.2) is 31.1 Å². The summed E-state index contributed by atoms with van der Waals surface area (Å²) < 4.78 is 5.45. The van der Waals surface area contributed by atoms with E-state index >= 15 is 0 Å². The van der Waals surface area contributed by atoms with Gasteiger partial charge < -0.3 is 10.1 Å². The second-order valence-electron chi connectivity index (χ2n) is 4.78. The fraction of sp³-hybridized carbons (Fsp3) is 0.0588. The Balaban J connectivity index is 1.89. The molecule has 7 nitrogen and oxygen atoms in total. The maximum Gasteiger partial charge on any atom is 0.337 e. The Kier molecular flexibility index (Phi) is 6.41. The second-order valence-corrected chi connectivity index (χ2v) is 5.69. The zero-order valence-electron chi connectivity index (χ0n) is 13.2. The molecule has 8 heteroatoms. The lowest BCUT2D eigenvalue weighted by molar-refractivity contribution is -0.136. The highest BCUT2D eigenvalue weighted by molar-refractivity contribution is 9.10. The standard InChI is InChI=1S/C17H14BrN3O4/c1-25-17(24)12-5-7-14(8-6-12)20-15(22)16(23)21-19-10-11-3-2-4-13(18)9-11/h2-10H,1H3,(H,20,22)(H,21,23)/b19-10-. The highest BCUT2D eigenvalue weighted by Crippen LogP contribution is 2.11. The largest absolute Gasteiger partial charge is 0.465 e. The first-order chi connectivity index (χ1) is 12.0. The van der Waals surface area contributed by atoms with Gasteiger partial charge in [0.15, 0.2) is 0 Å². The summed E-state index contributed by atoms with van der Waals surface area (Å²) in [5, 5.41) is 6.13. The summed E-state index contributed by atoms with van der Waals surface area (Å²) in [5.74, 6) is -2.28. The molecule has 0 radical (unpaired) electrons. The molecule has 0 fully saturated rings. The Morgan fingerprint density at radius 1 is 1.08 bits per heavy atom. The third kappa shape index (κ3) is 5.54. The number of ether oxygens (including phenoxy) is 1. The number of methoxy groups -OCH3 is 1. The molecule has 2 aromatic carbocycles. The van der Waals surface area contributed by atoms with E-state index in [-0.39, 0.29) is 0 Å². The molecule has 0 aliphatic heterocycles. The van der Waals surface area contributed by atoms with E-state index in [0.29, 0.717) is 11.3 Å². The third-order valence-electron chi connectivity index (χ3n) is 3.00. The number of hydrogen-bond donors (Lipinski definition) is 2. The van der Waals surface area contributed by atoms with Gasteiger partial charge in [-0.1, -0.05) is 28.1 Å². The molecule has 0 aliphatic rings. The fourth-order valence-electron chi connectivity index (χ4n) is 1.80. The van der Waals surface area contributed by atoms with Crippen molar-refractivity contribution < 1.29 is 19.1 Å². The Hall–Kier alpha value is -3.00. The molecule has 0 aliphatic carbocycles. The maximum absolute atomic E-state index is 11.8. The van der Waals surface area contributed by atoms with Crippen molar-refractivity contribution in [3.05, 3.63) is 64.1 Å². The number of hydrogen-bond acceptors (Lipinski definition) is 5. The molecule has 2 rings (SSSR count). The highest BCUT2D eigenvalue weighted by Gasteiger charge is 2.13. The molecule has 0 unspecified atom stereocenters. The summed E-state index contributed by atoms with van der Waals surface area (Å²) in [6, 6.07) is 13.2. The Morgan fingerprint density at radius 2 is 1.80 bits per heavy atom. The van der Waals surface area contributed by atoms with E-state index in [1.807, 2.05) is 12.1 Å². The third-order valence-corrected chi connectivity index (χ3v) is 3.49. The Morgan fingerprint density at radius 3 is 2.44 bits per heavy atom. The van der Waals surface area contributed by atoms with E-state index in [1.165, 1.54) is 37.6 Å². The van der Waals surface area contributed by atoms with Crippen molar-refractivity contribution in [1.82, 2.24) is 5.43 Å².